The first-order valence-corrected chi connectivity index (χ1v) is 5.37. The lowest BCUT2D eigenvalue weighted by Gasteiger charge is -2.33. The van der Waals surface area contributed by atoms with Gasteiger partial charge in [0, 0.05) is 0 Å². The molecule has 1 aromatic rings. The molecule has 0 aromatic heterocycles. The molecule has 2 rings (SSSR count). The normalized spacial score (nSPS) is 20.4. The van der Waals surface area contributed by atoms with E-state index in [0.29, 0.717) is 5.56 Å². The Morgan fingerprint density at radius 2 is 2.12 bits per heavy atom. The van der Waals surface area contributed by atoms with Crippen LogP contribution in [0.15, 0.2) is 18.2 Å². The van der Waals surface area contributed by atoms with E-state index in [-0.39, 0.29) is 24.0 Å². The predicted octanol–water partition coefficient (Wildman–Crippen LogP) is 0.985. The maximum absolute atomic E-state index is 13.8. The topological polar surface area (TPSA) is 49.4 Å². The molecule has 1 aliphatic rings. The predicted molar refractivity (Wildman–Crippen MR) is 61.1 cm³/mol. The number of rotatable bonds is 1. The van der Waals surface area contributed by atoms with Crippen LogP contribution < -0.4 is 10.2 Å². The van der Waals surface area contributed by atoms with Crippen molar-refractivity contribution in [3.05, 3.63) is 29.6 Å². The van der Waals surface area contributed by atoms with Gasteiger partial charge in [-0.3, -0.25) is 14.5 Å². The molecule has 90 valence electrons. The largest absolute Gasteiger partial charge is 0.345 e. The van der Waals surface area contributed by atoms with Gasteiger partial charge in [-0.05, 0) is 25.5 Å². The summed E-state index contributed by atoms with van der Waals surface area (Å²) in [5.74, 6) is -1.06. The number of nitrogens with zero attached hydrogens (tertiary/aromatic N) is 1. The van der Waals surface area contributed by atoms with E-state index in [2.05, 4.69) is 5.32 Å². The van der Waals surface area contributed by atoms with Crippen LogP contribution in [0.2, 0.25) is 0 Å². The third-order valence-corrected chi connectivity index (χ3v) is 2.88. The number of benzene rings is 1. The molecular weight excluding hydrogens is 223 g/mol. The van der Waals surface area contributed by atoms with Crippen molar-refractivity contribution in [2.75, 3.05) is 11.4 Å². The average molecular weight is 236 g/mol. The number of piperazine rings is 1. The summed E-state index contributed by atoms with van der Waals surface area (Å²) < 4.78 is 13.8. The molecule has 0 aliphatic carbocycles. The second kappa shape index (κ2) is 4.16. The highest BCUT2D eigenvalue weighted by molar-refractivity contribution is 6.06. The molecule has 5 heteroatoms. The third kappa shape index (κ3) is 1.88. The molecule has 1 heterocycles. The molecule has 0 radical (unpaired) electrons. The van der Waals surface area contributed by atoms with Gasteiger partial charge in [-0.15, -0.1) is 0 Å². The monoisotopic (exact) mass is 236 g/mol. The number of halogens is 1. The van der Waals surface area contributed by atoms with Crippen molar-refractivity contribution < 1.29 is 14.0 Å². The van der Waals surface area contributed by atoms with Crippen LogP contribution in [0.5, 0.6) is 0 Å². The summed E-state index contributed by atoms with van der Waals surface area (Å²) in [6, 6.07) is 3.89. The molecule has 1 fully saturated rings. The Kier molecular flexibility index (Phi) is 2.83. The first kappa shape index (κ1) is 11.6. The van der Waals surface area contributed by atoms with Gasteiger partial charge in [0.1, 0.15) is 11.9 Å². The molecule has 17 heavy (non-hydrogen) atoms. The minimum absolute atomic E-state index is 0.0864. The van der Waals surface area contributed by atoms with Crippen LogP contribution in [0, 0.1) is 12.7 Å². The molecule has 1 atom stereocenters. The summed E-state index contributed by atoms with van der Waals surface area (Å²) in [5, 5.41) is 2.47. The molecule has 0 bridgehead atoms. The van der Waals surface area contributed by atoms with Crippen LogP contribution in [0.25, 0.3) is 0 Å². The van der Waals surface area contributed by atoms with Crippen molar-refractivity contribution in [3.8, 4) is 0 Å². The van der Waals surface area contributed by atoms with Crippen molar-refractivity contribution in [2.45, 2.75) is 19.9 Å². The molecule has 1 N–H and O–H groups in total. The maximum atomic E-state index is 13.8. The summed E-state index contributed by atoms with van der Waals surface area (Å²) in [6.45, 7) is 3.21. The number of nitrogens with one attached hydrogen (secondary N) is 1. The van der Waals surface area contributed by atoms with Crippen molar-refractivity contribution in [1.29, 1.82) is 0 Å². The Labute approximate surface area is 98.4 Å². The Bertz CT molecular complexity index is 467. The highest BCUT2D eigenvalue weighted by Crippen LogP contribution is 2.26. The summed E-state index contributed by atoms with van der Waals surface area (Å²) in [7, 11) is 0. The highest BCUT2D eigenvalue weighted by Gasteiger charge is 2.34. The zero-order valence-corrected chi connectivity index (χ0v) is 9.66. The van der Waals surface area contributed by atoms with Gasteiger partial charge in [-0.2, -0.15) is 0 Å². The van der Waals surface area contributed by atoms with Crippen LogP contribution in [-0.4, -0.2) is 24.4 Å². The smallest absolute Gasteiger partial charge is 0.247 e. The lowest BCUT2D eigenvalue weighted by molar-refractivity contribution is -0.130. The van der Waals surface area contributed by atoms with E-state index in [4.69, 9.17) is 0 Å². The summed E-state index contributed by atoms with van der Waals surface area (Å²) >= 11 is 0. The summed E-state index contributed by atoms with van der Waals surface area (Å²) in [5.41, 5.74) is 0.833. The number of carbonyl (C=O) groups is 2. The van der Waals surface area contributed by atoms with E-state index >= 15 is 0 Å². The SMILES string of the molecule is Cc1cccc(F)c1N1C(=O)CNC(=O)C1C. The zero-order valence-electron chi connectivity index (χ0n) is 9.66. The first-order chi connectivity index (χ1) is 8.02. The van der Waals surface area contributed by atoms with E-state index < -0.39 is 11.9 Å². The van der Waals surface area contributed by atoms with Gasteiger partial charge in [0.25, 0.3) is 0 Å². The summed E-state index contributed by atoms with van der Waals surface area (Å²) in [4.78, 5) is 24.5. The molecule has 1 aromatic carbocycles. The van der Waals surface area contributed by atoms with Crippen molar-refractivity contribution >= 4 is 17.5 Å². The number of carbonyl (C=O) groups excluding carboxylic acids is 2. The van der Waals surface area contributed by atoms with Crippen LogP contribution in [-0.2, 0) is 9.59 Å². The average Bonchev–Trinajstić information content (AvgIpc) is 2.28. The molecule has 1 aliphatic heterocycles. The molecule has 1 saturated heterocycles. The first-order valence-electron chi connectivity index (χ1n) is 5.37. The van der Waals surface area contributed by atoms with Crippen LogP contribution in [0.4, 0.5) is 10.1 Å². The summed E-state index contributed by atoms with van der Waals surface area (Å²) in [6.07, 6.45) is 0. The minimum atomic E-state index is -0.688. The lowest BCUT2D eigenvalue weighted by Crippen LogP contribution is -2.57. The fourth-order valence-electron chi connectivity index (χ4n) is 1.98. The minimum Gasteiger partial charge on any atom is -0.345 e. The Balaban J connectivity index is 2.50. The molecule has 0 saturated carbocycles. The van der Waals surface area contributed by atoms with E-state index in [1.807, 2.05) is 0 Å². The van der Waals surface area contributed by atoms with Crippen molar-refractivity contribution in [2.24, 2.45) is 0 Å². The van der Waals surface area contributed by atoms with E-state index in [1.165, 1.54) is 11.0 Å². The van der Waals surface area contributed by atoms with E-state index in [9.17, 15) is 14.0 Å². The molecule has 4 nitrogen and oxygen atoms in total. The fraction of sp³-hybridized carbons (Fsp3) is 0.333. The zero-order chi connectivity index (χ0) is 12.6. The van der Waals surface area contributed by atoms with Crippen LogP contribution >= 0.6 is 0 Å². The van der Waals surface area contributed by atoms with E-state index in [1.54, 1.807) is 26.0 Å². The number of para-hydroxylation sites is 1. The molecular formula is C12H13FN2O2. The lowest BCUT2D eigenvalue weighted by atomic mass is 10.1. The van der Waals surface area contributed by atoms with Crippen LogP contribution in [0.3, 0.4) is 0 Å². The quantitative estimate of drug-likeness (QED) is 0.790. The van der Waals surface area contributed by atoms with Crippen LogP contribution in [0.1, 0.15) is 12.5 Å². The van der Waals surface area contributed by atoms with E-state index in [0.717, 1.165) is 0 Å². The third-order valence-electron chi connectivity index (χ3n) is 2.88. The van der Waals surface area contributed by atoms with Gasteiger partial charge in [-0.1, -0.05) is 12.1 Å². The number of hydrogen-bond acceptors (Lipinski definition) is 2. The van der Waals surface area contributed by atoms with Gasteiger partial charge in [-0.25, -0.2) is 4.39 Å². The molecule has 1 unspecified atom stereocenters. The molecule has 0 spiro atoms. The second-order valence-electron chi connectivity index (χ2n) is 4.06. The standard InChI is InChI=1S/C12H13FN2O2/c1-7-4-3-5-9(13)11(7)15-8(2)12(17)14-6-10(15)16/h3-5,8H,6H2,1-2H3,(H,14,17). The van der Waals surface area contributed by atoms with Crippen molar-refractivity contribution in [3.63, 3.8) is 0 Å². The number of anilines is 1. The Morgan fingerprint density at radius 1 is 1.41 bits per heavy atom. The van der Waals surface area contributed by atoms with Gasteiger partial charge in [0.15, 0.2) is 0 Å². The maximum Gasteiger partial charge on any atom is 0.247 e. The van der Waals surface area contributed by atoms with Gasteiger partial charge >= 0.3 is 0 Å². The van der Waals surface area contributed by atoms with Gasteiger partial charge in [0.2, 0.25) is 11.8 Å². The highest BCUT2D eigenvalue weighted by atomic mass is 19.1. The fourth-order valence-corrected chi connectivity index (χ4v) is 1.98. The Morgan fingerprint density at radius 3 is 2.76 bits per heavy atom. The van der Waals surface area contributed by atoms with Gasteiger partial charge in [0.05, 0.1) is 12.2 Å². The number of hydrogen-bond donors (Lipinski definition) is 1. The molecule has 2 amide bonds. The number of amides is 2. The number of aryl methyl sites for hydroxylation is 1. The second-order valence-corrected chi connectivity index (χ2v) is 4.06. The van der Waals surface area contributed by atoms with Crippen molar-refractivity contribution in [1.82, 2.24) is 5.32 Å². The van der Waals surface area contributed by atoms with Gasteiger partial charge < -0.3 is 5.32 Å². The Hall–Kier alpha value is -1.91.